The maximum Gasteiger partial charge on any atom is 0.324 e. The minimum atomic E-state index is -1.17. The monoisotopic (exact) mass is 270 g/mol. The van der Waals surface area contributed by atoms with Gasteiger partial charge in [0.2, 0.25) is 5.91 Å². The Morgan fingerprint density at radius 1 is 1.21 bits per heavy atom. The van der Waals surface area contributed by atoms with Crippen molar-refractivity contribution in [2.24, 2.45) is 17.3 Å². The number of hydrogen-bond acceptors (Lipinski definition) is 3. The zero-order valence-corrected chi connectivity index (χ0v) is 11.9. The minimum Gasteiger partial charge on any atom is -0.481 e. The van der Waals surface area contributed by atoms with Gasteiger partial charge in [-0.05, 0) is 25.7 Å². The number of amides is 3. The van der Waals surface area contributed by atoms with Crippen molar-refractivity contribution in [1.29, 1.82) is 0 Å². The Kier molecular flexibility index (Phi) is 4.55. The molecule has 0 aliphatic carbocycles. The number of carboxylic acids is 1. The predicted octanol–water partition coefficient (Wildman–Crippen LogP) is 1.31. The molecule has 1 aliphatic rings. The maximum atomic E-state index is 11.8. The fourth-order valence-electron chi connectivity index (χ4n) is 2.02. The van der Waals surface area contributed by atoms with Gasteiger partial charge in [0.25, 0.3) is 0 Å². The second kappa shape index (κ2) is 5.59. The first-order valence-corrected chi connectivity index (χ1v) is 6.45. The van der Waals surface area contributed by atoms with Crippen molar-refractivity contribution >= 4 is 17.9 Å². The molecule has 1 heterocycles. The third-order valence-corrected chi connectivity index (χ3v) is 3.70. The third-order valence-electron chi connectivity index (χ3n) is 3.70. The Morgan fingerprint density at radius 2 is 1.68 bits per heavy atom. The van der Waals surface area contributed by atoms with E-state index in [9.17, 15) is 14.4 Å². The number of nitrogens with one attached hydrogen (secondary N) is 1. The molecule has 0 radical (unpaired) electrons. The first-order chi connectivity index (χ1) is 8.63. The molecule has 2 unspecified atom stereocenters. The van der Waals surface area contributed by atoms with Gasteiger partial charge < -0.3 is 10.0 Å². The van der Waals surface area contributed by atoms with Crippen molar-refractivity contribution in [1.82, 2.24) is 10.2 Å². The van der Waals surface area contributed by atoms with E-state index in [-0.39, 0.29) is 6.42 Å². The van der Waals surface area contributed by atoms with Crippen LogP contribution in [-0.2, 0) is 9.59 Å². The number of likely N-dealkylation sites (tertiary alicyclic amines) is 1. The van der Waals surface area contributed by atoms with Crippen LogP contribution in [-0.4, -0.2) is 41.0 Å². The van der Waals surface area contributed by atoms with Crippen molar-refractivity contribution in [3.05, 3.63) is 0 Å². The lowest BCUT2D eigenvalue weighted by atomic mass is 9.89. The summed E-state index contributed by atoms with van der Waals surface area (Å²) in [5.41, 5.74) is -1.17. The van der Waals surface area contributed by atoms with Crippen molar-refractivity contribution in [2.45, 2.75) is 34.1 Å². The van der Waals surface area contributed by atoms with Gasteiger partial charge in [-0.25, -0.2) is 4.79 Å². The van der Waals surface area contributed by atoms with Crippen LogP contribution in [0.3, 0.4) is 0 Å². The number of carbonyl (C=O) groups is 3. The van der Waals surface area contributed by atoms with Gasteiger partial charge in [0, 0.05) is 19.5 Å². The highest BCUT2D eigenvalue weighted by Crippen LogP contribution is 2.23. The molecule has 0 bridgehead atoms. The van der Waals surface area contributed by atoms with Crippen LogP contribution in [0.1, 0.15) is 34.1 Å². The van der Waals surface area contributed by atoms with Crippen LogP contribution in [0, 0.1) is 17.3 Å². The van der Waals surface area contributed by atoms with E-state index in [1.807, 2.05) is 0 Å². The minimum absolute atomic E-state index is 0.215. The summed E-state index contributed by atoms with van der Waals surface area (Å²) in [6.07, 6.45) is -0.215. The highest BCUT2D eigenvalue weighted by Gasteiger charge is 2.33. The van der Waals surface area contributed by atoms with Crippen LogP contribution in [0.2, 0.25) is 0 Å². The van der Waals surface area contributed by atoms with Crippen LogP contribution < -0.4 is 5.32 Å². The topological polar surface area (TPSA) is 86.7 Å². The molecular formula is C13H22N2O4. The quantitative estimate of drug-likeness (QED) is 0.809. The van der Waals surface area contributed by atoms with E-state index in [0.29, 0.717) is 24.9 Å². The zero-order chi connectivity index (χ0) is 14.8. The molecule has 2 N–H and O–H groups in total. The predicted molar refractivity (Wildman–Crippen MR) is 69.5 cm³/mol. The van der Waals surface area contributed by atoms with E-state index in [4.69, 9.17) is 5.11 Å². The highest BCUT2D eigenvalue weighted by molar-refractivity contribution is 5.96. The van der Waals surface area contributed by atoms with Crippen molar-refractivity contribution in [2.75, 3.05) is 13.1 Å². The molecule has 0 aromatic heterocycles. The molecule has 0 aromatic rings. The molecule has 3 amide bonds. The number of urea groups is 1. The fraction of sp³-hybridized carbons (Fsp3) is 0.769. The zero-order valence-electron chi connectivity index (χ0n) is 11.9. The number of hydrogen-bond donors (Lipinski definition) is 2. The van der Waals surface area contributed by atoms with Crippen LogP contribution in [0.15, 0.2) is 0 Å². The van der Waals surface area contributed by atoms with Crippen molar-refractivity contribution < 1.29 is 19.5 Å². The Labute approximate surface area is 113 Å². The van der Waals surface area contributed by atoms with E-state index in [1.165, 1.54) is 13.8 Å². The molecule has 108 valence electrons. The van der Waals surface area contributed by atoms with Crippen molar-refractivity contribution in [3.63, 3.8) is 0 Å². The molecule has 0 spiro atoms. The van der Waals surface area contributed by atoms with Gasteiger partial charge in [0.05, 0.1) is 5.41 Å². The summed E-state index contributed by atoms with van der Waals surface area (Å²) in [5, 5.41) is 11.2. The number of imide groups is 1. The van der Waals surface area contributed by atoms with Gasteiger partial charge in [-0.1, -0.05) is 13.8 Å². The van der Waals surface area contributed by atoms with E-state index in [1.54, 1.807) is 4.90 Å². The second-order valence-corrected chi connectivity index (χ2v) is 6.08. The lowest BCUT2D eigenvalue weighted by molar-refractivity contribution is -0.149. The number of nitrogens with zero attached hydrogens (tertiary/aromatic N) is 1. The van der Waals surface area contributed by atoms with Gasteiger partial charge in [-0.15, -0.1) is 0 Å². The summed E-state index contributed by atoms with van der Waals surface area (Å²) in [7, 11) is 0. The summed E-state index contributed by atoms with van der Waals surface area (Å²) in [6, 6.07) is -0.428. The standard InChI is InChI=1S/C13H22N2O4/c1-8-6-15(7-9(8)2)12(19)14-10(16)5-13(3,4)11(17)18/h8-9H,5-7H2,1-4H3,(H,17,18)(H,14,16,19). The van der Waals surface area contributed by atoms with E-state index < -0.39 is 23.3 Å². The summed E-state index contributed by atoms with van der Waals surface area (Å²) in [4.78, 5) is 36.0. The second-order valence-electron chi connectivity index (χ2n) is 6.08. The number of carboxylic acid groups (broad SMARTS) is 1. The average molecular weight is 270 g/mol. The molecule has 0 saturated carbocycles. The number of rotatable bonds is 3. The van der Waals surface area contributed by atoms with Gasteiger partial charge >= 0.3 is 12.0 Å². The smallest absolute Gasteiger partial charge is 0.324 e. The van der Waals surface area contributed by atoms with E-state index in [0.717, 1.165) is 0 Å². The van der Waals surface area contributed by atoms with E-state index in [2.05, 4.69) is 19.2 Å². The molecular weight excluding hydrogens is 248 g/mol. The van der Waals surface area contributed by atoms with E-state index >= 15 is 0 Å². The fourth-order valence-corrected chi connectivity index (χ4v) is 2.02. The maximum absolute atomic E-state index is 11.8. The molecule has 0 aromatic carbocycles. The molecule has 1 rings (SSSR count). The Morgan fingerprint density at radius 3 is 2.11 bits per heavy atom. The van der Waals surface area contributed by atoms with Gasteiger partial charge in [0.1, 0.15) is 0 Å². The molecule has 1 saturated heterocycles. The molecule has 19 heavy (non-hydrogen) atoms. The Balaban J connectivity index is 2.50. The Hall–Kier alpha value is -1.59. The number of carbonyl (C=O) groups excluding carboxylic acids is 2. The average Bonchev–Trinajstić information content (AvgIpc) is 2.58. The first-order valence-electron chi connectivity index (χ1n) is 6.45. The summed E-state index contributed by atoms with van der Waals surface area (Å²) in [6.45, 7) is 8.30. The summed E-state index contributed by atoms with van der Waals surface area (Å²) >= 11 is 0. The largest absolute Gasteiger partial charge is 0.481 e. The molecule has 1 aliphatic heterocycles. The SMILES string of the molecule is CC1CN(C(=O)NC(=O)CC(C)(C)C(=O)O)CC1C. The van der Waals surface area contributed by atoms with Crippen LogP contribution in [0.4, 0.5) is 4.79 Å². The van der Waals surface area contributed by atoms with Gasteiger partial charge in [0.15, 0.2) is 0 Å². The molecule has 1 fully saturated rings. The van der Waals surface area contributed by atoms with Crippen molar-refractivity contribution in [3.8, 4) is 0 Å². The molecule has 2 atom stereocenters. The van der Waals surface area contributed by atoms with Crippen LogP contribution >= 0.6 is 0 Å². The third kappa shape index (κ3) is 3.94. The highest BCUT2D eigenvalue weighted by atomic mass is 16.4. The van der Waals surface area contributed by atoms with Crippen LogP contribution in [0.5, 0.6) is 0 Å². The molecule has 6 nitrogen and oxygen atoms in total. The summed E-state index contributed by atoms with van der Waals surface area (Å²) in [5.74, 6) is -0.782. The lowest BCUT2D eigenvalue weighted by Gasteiger charge is -2.20. The van der Waals surface area contributed by atoms with Gasteiger partial charge in [-0.2, -0.15) is 0 Å². The number of aliphatic carboxylic acids is 1. The lowest BCUT2D eigenvalue weighted by Crippen LogP contribution is -2.43. The summed E-state index contributed by atoms with van der Waals surface area (Å²) < 4.78 is 0. The first kappa shape index (κ1) is 15.5. The van der Waals surface area contributed by atoms with Crippen LogP contribution in [0.25, 0.3) is 0 Å². The molecule has 6 heteroatoms. The van der Waals surface area contributed by atoms with Gasteiger partial charge in [-0.3, -0.25) is 14.9 Å². The Bertz CT molecular complexity index is 382. The normalized spacial score (nSPS) is 23.3.